The van der Waals surface area contributed by atoms with E-state index in [0.717, 1.165) is 6.07 Å². The van der Waals surface area contributed by atoms with Gasteiger partial charge in [0.2, 0.25) is 0 Å². The van der Waals surface area contributed by atoms with Gasteiger partial charge in [-0.15, -0.1) is 0 Å². The molecule has 4 nitrogen and oxygen atoms in total. The summed E-state index contributed by atoms with van der Waals surface area (Å²) in [6.07, 6.45) is -6.21. The van der Waals surface area contributed by atoms with Gasteiger partial charge in [-0.1, -0.05) is 0 Å². The lowest BCUT2D eigenvalue weighted by Crippen LogP contribution is -2.21. The number of anilines is 1. The van der Waals surface area contributed by atoms with Gasteiger partial charge >= 0.3 is 12.3 Å². The van der Waals surface area contributed by atoms with Crippen molar-refractivity contribution in [3.05, 3.63) is 29.1 Å². The summed E-state index contributed by atoms with van der Waals surface area (Å²) in [5, 5.41) is 10.1. The first-order chi connectivity index (χ1) is 7.71. The molecule has 0 bridgehead atoms. The highest BCUT2D eigenvalue weighted by atomic mass is 19.4. The van der Waals surface area contributed by atoms with Gasteiger partial charge in [-0.2, -0.15) is 13.2 Å². The summed E-state index contributed by atoms with van der Waals surface area (Å²) in [7, 11) is 0. The number of halogens is 4. The monoisotopic (exact) mass is 252 g/mol. The van der Waals surface area contributed by atoms with E-state index >= 15 is 0 Å². The first kappa shape index (κ1) is 13.1. The Morgan fingerprint density at radius 3 is 2.47 bits per heavy atom. The number of alkyl halides is 3. The second-order valence-electron chi connectivity index (χ2n) is 3.20. The number of nitrogens with two attached hydrogens (primary N) is 1. The molecule has 94 valence electrons. The van der Waals surface area contributed by atoms with Crippen LogP contribution < -0.4 is 11.1 Å². The van der Waals surface area contributed by atoms with E-state index in [0.29, 0.717) is 6.07 Å². The van der Waals surface area contributed by atoms with E-state index in [2.05, 4.69) is 0 Å². The molecule has 0 fully saturated rings. The smallest absolute Gasteiger partial charge is 0.418 e. The van der Waals surface area contributed by atoms with Crippen molar-refractivity contribution in [3.8, 4) is 0 Å². The van der Waals surface area contributed by atoms with Crippen molar-refractivity contribution in [3.63, 3.8) is 0 Å². The molecule has 0 saturated heterocycles. The van der Waals surface area contributed by atoms with E-state index in [1.807, 2.05) is 5.32 Å². The zero-order valence-electron chi connectivity index (χ0n) is 8.31. The number of nitrogen functional groups attached to an aromatic ring is 1. The van der Waals surface area contributed by atoms with Gasteiger partial charge in [-0.05, 0) is 17.7 Å². The Bertz CT molecular complexity index is 445. The van der Waals surface area contributed by atoms with Gasteiger partial charge in [0.05, 0.1) is 11.3 Å². The molecule has 0 aliphatic heterocycles. The maximum atomic E-state index is 13.1. The molecule has 1 rings (SSSR count). The highest BCUT2D eigenvalue weighted by Crippen LogP contribution is 2.35. The zero-order chi connectivity index (χ0) is 13.2. The molecule has 8 heteroatoms. The molecule has 4 N–H and O–H groups in total. The van der Waals surface area contributed by atoms with Crippen LogP contribution in [0.4, 0.5) is 28.0 Å². The van der Waals surface area contributed by atoms with Gasteiger partial charge in [0.15, 0.2) is 0 Å². The molecule has 17 heavy (non-hydrogen) atoms. The van der Waals surface area contributed by atoms with Crippen LogP contribution in [0.3, 0.4) is 0 Å². The fraction of sp³-hybridized carbons (Fsp3) is 0.222. The molecule has 1 amide bonds. The predicted octanol–water partition coefficient (Wildman–Crippen LogP) is 2.19. The van der Waals surface area contributed by atoms with E-state index in [1.165, 1.54) is 0 Å². The largest absolute Gasteiger partial charge is 0.465 e. The van der Waals surface area contributed by atoms with E-state index in [9.17, 15) is 22.4 Å². The summed E-state index contributed by atoms with van der Waals surface area (Å²) >= 11 is 0. The van der Waals surface area contributed by atoms with Crippen molar-refractivity contribution in [1.82, 2.24) is 5.32 Å². The van der Waals surface area contributed by atoms with Crippen LogP contribution in [-0.2, 0) is 12.7 Å². The number of hydrogen-bond acceptors (Lipinski definition) is 2. The molecular weight excluding hydrogens is 244 g/mol. The molecule has 0 aliphatic rings. The Morgan fingerprint density at radius 1 is 1.41 bits per heavy atom. The van der Waals surface area contributed by atoms with Crippen molar-refractivity contribution in [1.29, 1.82) is 0 Å². The fourth-order valence-corrected chi connectivity index (χ4v) is 1.19. The number of carboxylic acid groups (broad SMARTS) is 1. The van der Waals surface area contributed by atoms with Gasteiger partial charge in [0.1, 0.15) is 5.82 Å². The van der Waals surface area contributed by atoms with Crippen LogP contribution >= 0.6 is 0 Å². The van der Waals surface area contributed by atoms with E-state index in [-0.39, 0.29) is 5.56 Å². The minimum atomic E-state index is -4.79. The lowest BCUT2D eigenvalue weighted by Gasteiger charge is -2.12. The second-order valence-corrected chi connectivity index (χ2v) is 3.20. The Hall–Kier alpha value is -1.99. The second kappa shape index (κ2) is 4.48. The van der Waals surface area contributed by atoms with Crippen molar-refractivity contribution >= 4 is 11.8 Å². The number of nitrogens with one attached hydrogen (secondary N) is 1. The quantitative estimate of drug-likeness (QED) is 0.558. The van der Waals surface area contributed by atoms with Crippen LogP contribution in [0.5, 0.6) is 0 Å². The van der Waals surface area contributed by atoms with Gasteiger partial charge in [0.25, 0.3) is 0 Å². The number of carbonyl (C=O) groups is 1. The number of rotatable bonds is 2. The van der Waals surface area contributed by atoms with Crippen molar-refractivity contribution in [2.24, 2.45) is 0 Å². The summed E-state index contributed by atoms with van der Waals surface area (Å²) in [6, 6.07) is 1.36. The van der Waals surface area contributed by atoms with Crippen LogP contribution in [0, 0.1) is 5.82 Å². The number of amides is 1. The number of hydrogen-bond donors (Lipinski definition) is 3. The Labute approximate surface area is 93.0 Å². The Morgan fingerprint density at radius 2 is 2.00 bits per heavy atom. The first-order valence-electron chi connectivity index (χ1n) is 4.33. The predicted molar refractivity (Wildman–Crippen MR) is 50.7 cm³/mol. The summed E-state index contributed by atoms with van der Waals surface area (Å²) in [4.78, 5) is 10.2. The summed E-state index contributed by atoms with van der Waals surface area (Å²) < 4.78 is 50.4. The molecule has 1 aromatic carbocycles. The van der Waals surface area contributed by atoms with Crippen molar-refractivity contribution in [2.75, 3.05) is 5.73 Å². The minimum Gasteiger partial charge on any atom is -0.465 e. The van der Waals surface area contributed by atoms with Crippen molar-refractivity contribution < 1.29 is 27.5 Å². The lowest BCUT2D eigenvalue weighted by molar-refractivity contribution is -0.137. The molecule has 0 aromatic heterocycles. The summed E-state index contributed by atoms with van der Waals surface area (Å²) in [5.41, 5.74) is 2.48. The maximum absolute atomic E-state index is 13.1. The van der Waals surface area contributed by atoms with Crippen molar-refractivity contribution in [2.45, 2.75) is 12.7 Å². The average Bonchev–Trinajstić information content (AvgIpc) is 2.17. The maximum Gasteiger partial charge on any atom is 0.418 e. The third-order valence-electron chi connectivity index (χ3n) is 1.94. The van der Waals surface area contributed by atoms with Gasteiger partial charge < -0.3 is 16.2 Å². The Kier molecular flexibility index (Phi) is 3.45. The standard InChI is InChI=1S/C9H8F4N2O2/c10-6-2-4(3-15-8(16)17)1-5(7(6)14)9(11,12)13/h1-2,15H,3,14H2,(H,16,17). The third kappa shape index (κ3) is 3.23. The van der Waals surface area contributed by atoms with Gasteiger partial charge in [-0.25, -0.2) is 9.18 Å². The third-order valence-corrected chi connectivity index (χ3v) is 1.94. The minimum absolute atomic E-state index is 0.161. The van der Waals surface area contributed by atoms with Crippen LogP contribution in [-0.4, -0.2) is 11.2 Å². The first-order valence-corrected chi connectivity index (χ1v) is 4.33. The molecule has 0 unspecified atom stereocenters. The zero-order valence-corrected chi connectivity index (χ0v) is 8.31. The van der Waals surface area contributed by atoms with E-state index in [1.54, 1.807) is 0 Å². The molecule has 1 aromatic rings. The van der Waals surface area contributed by atoms with Gasteiger partial charge in [0, 0.05) is 6.54 Å². The highest BCUT2D eigenvalue weighted by Gasteiger charge is 2.34. The molecule has 0 saturated carbocycles. The fourth-order valence-electron chi connectivity index (χ4n) is 1.19. The highest BCUT2D eigenvalue weighted by molar-refractivity contribution is 5.64. The molecule has 0 atom stereocenters. The lowest BCUT2D eigenvalue weighted by atomic mass is 10.1. The average molecular weight is 252 g/mol. The molecular formula is C9H8F4N2O2. The molecule has 0 heterocycles. The van der Waals surface area contributed by atoms with Crippen LogP contribution in [0.25, 0.3) is 0 Å². The molecule has 0 radical (unpaired) electrons. The molecule has 0 aliphatic carbocycles. The summed E-state index contributed by atoms with van der Waals surface area (Å²) in [5.74, 6) is -1.23. The van der Waals surface area contributed by atoms with E-state index in [4.69, 9.17) is 10.8 Å². The molecule has 0 spiro atoms. The van der Waals surface area contributed by atoms with Gasteiger partial charge in [-0.3, -0.25) is 0 Å². The van der Waals surface area contributed by atoms with Crippen LogP contribution in [0.1, 0.15) is 11.1 Å². The number of benzene rings is 1. The van der Waals surface area contributed by atoms with Crippen LogP contribution in [0.15, 0.2) is 12.1 Å². The topological polar surface area (TPSA) is 75.3 Å². The van der Waals surface area contributed by atoms with E-state index < -0.39 is 35.9 Å². The SMILES string of the molecule is Nc1c(F)cc(CNC(=O)O)cc1C(F)(F)F. The Balaban J connectivity index is 3.11. The summed E-state index contributed by atoms with van der Waals surface area (Å²) in [6.45, 7) is -0.435. The normalized spacial score (nSPS) is 11.3. The van der Waals surface area contributed by atoms with Crippen LogP contribution in [0.2, 0.25) is 0 Å².